The molecule has 2 rings (SSSR count). The van der Waals surface area contributed by atoms with E-state index in [0.29, 0.717) is 5.84 Å². The number of hydrogen-bond acceptors (Lipinski definition) is 5. The lowest BCUT2D eigenvalue weighted by molar-refractivity contribution is 0.219. The largest absolute Gasteiger partial charge is 0.409 e. The number of oxime groups is 1. The van der Waals surface area contributed by atoms with E-state index in [0.717, 1.165) is 38.9 Å². The molecule has 5 nitrogen and oxygen atoms in total. The van der Waals surface area contributed by atoms with Crippen molar-refractivity contribution >= 4 is 17.6 Å². The molecule has 1 aromatic heterocycles. The molecule has 0 bridgehead atoms. The predicted molar refractivity (Wildman–Crippen MR) is 83.3 cm³/mol. The summed E-state index contributed by atoms with van der Waals surface area (Å²) in [5.41, 5.74) is 7.18. The Hall–Kier alpha value is -1.27. The van der Waals surface area contributed by atoms with Crippen LogP contribution in [-0.2, 0) is 6.42 Å². The topological polar surface area (TPSA) is 74.7 Å². The highest BCUT2D eigenvalue weighted by molar-refractivity contribution is 8.00. The second kappa shape index (κ2) is 6.95. The van der Waals surface area contributed by atoms with Crippen LogP contribution in [0.3, 0.4) is 0 Å². The van der Waals surface area contributed by atoms with Gasteiger partial charge in [-0.15, -0.1) is 0 Å². The number of piperidine rings is 1. The molecule has 0 aromatic carbocycles. The van der Waals surface area contributed by atoms with Crippen LogP contribution in [0.2, 0.25) is 0 Å². The minimum Gasteiger partial charge on any atom is -0.409 e. The SMILES string of the molecule is CSC1(C(N)=NO)CCN(CCc2ccncc2)CC1. The third-order valence-corrected chi connectivity index (χ3v) is 5.49. The molecule has 0 unspecified atom stereocenters. The molecule has 1 aliphatic heterocycles. The van der Waals surface area contributed by atoms with Crippen LogP contribution in [-0.4, -0.2) is 51.6 Å². The average molecular weight is 294 g/mol. The Morgan fingerprint density at radius 2 is 2.10 bits per heavy atom. The van der Waals surface area contributed by atoms with Crippen molar-refractivity contribution in [3.05, 3.63) is 30.1 Å². The number of pyridine rings is 1. The van der Waals surface area contributed by atoms with Gasteiger partial charge in [0, 0.05) is 18.9 Å². The highest BCUT2D eigenvalue weighted by Crippen LogP contribution is 2.34. The van der Waals surface area contributed by atoms with E-state index in [1.165, 1.54) is 5.56 Å². The van der Waals surface area contributed by atoms with Crippen LogP contribution in [0.25, 0.3) is 0 Å². The van der Waals surface area contributed by atoms with Gasteiger partial charge in [-0.3, -0.25) is 4.98 Å². The highest BCUT2D eigenvalue weighted by atomic mass is 32.2. The van der Waals surface area contributed by atoms with Crippen molar-refractivity contribution < 1.29 is 5.21 Å². The number of thioether (sulfide) groups is 1. The monoisotopic (exact) mass is 294 g/mol. The van der Waals surface area contributed by atoms with Gasteiger partial charge in [-0.2, -0.15) is 11.8 Å². The maximum absolute atomic E-state index is 8.93. The first kappa shape index (κ1) is 15.1. The van der Waals surface area contributed by atoms with Gasteiger partial charge in [0.15, 0.2) is 5.84 Å². The van der Waals surface area contributed by atoms with E-state index in [-0.39, 0.29) is 4.75 Å². The Bertz CT molecular complexity index is 444. The van der Waals surface area contributed by atoms with Gasteiger partial charge in [0.05, 0.1) is 4.75 Å². The normalized spacial score (nSPS) is 19.9. The zero-order chi connectivity index (χ0) is 14.4. The number of nitrogens with two attached hydrogens (primary N) is 1. The van der Waals surface area contributed by atoms with Crippen molar-refractivity contribution in [3.8, 4) is 0 Å². The smallest absolute Gasteiger partial charge is 0.155 e. The number of aromatic nitrogens is 1. The summed E-state index contributed by atoms with van der Waals surface area (Å²) in [6.45, 7) is 3.02. The lowest BCUT2D eigenvalue weighted by Crippen LogP contribution is -2.50. The summed E-state index contributed by atoms with van der Waals surface area (Å²) in [4.78, 5) is 6.48. The first-order valence-corrected chi connectivity index (χ1v) is 8.07. The molecule has 0 radical (unpaired) electrons. The molecule has 2 heterocycles. The van der Waals surface area contributed by atoms with Crippen molar-refractivity contribution in [2.45, 2.75) is 24.0 Å². The Morgan fingerprint density at radius 1 is 1.45 bits per heavy atom. The van der Waals surface area contributed by atoms with E-state index in [1.807, 2.05) is 18.6 Å². The Morgan fingerprint density at radius 3 is 2.65 bits per heavy atom. The van der Waals surface area contributed by atoms with Crippen LogP contribution in [0.15, 0.2) is 29.7 Å². The summed E-state index contributed by atoms with van der Waals surface area (Å²) < 4.78 is -0.193. The van der Waals surface area contributed by atoms with Gasteiger partial charge in [-0.05, 0) is 56.3 Å². The van der Waals surface area contributed by atoms with Gasteiger partial charge in [0.1, 0.15) is 0 Å². The zero-order valence-corrected chi connectivity index (χ0v) is 12.6. The number of rotatable bonds is 5. The molecule has 0 amide bonds. The van der Waals surface area contributed by atoms with Crippen molar-refractivity contribution in [2.75, 3.05) is 25.9 Å². The number of likely N-dealkylation sites (tertiary alicyclic amines) is 1. The molecular weight excluding hydrogens is 272 g/mol. The van der Waals surface area contributed by atoms with Gasteiger partial charge >= 0.3 is 0 Å². The molecule has 110 valence electrons. The van der Waals surface area contributed by atoms with E-state index in [1.54, 1.807) is 11.8 Å². The maximum atomic E-state index is 8.93. The molecule has 0 aliphatic carbocycles. The molecule has 1 fully saturated rings. The third-order valence-electron chi connectivity index (χ3n) is 4.10. The van der Waals surface area contributed by atoms with Crippen LogP contribution in [0.5, 0.6) is 0 Å². The summed E-state index contributed by atoms with van der Waals surface area (Å²) in [7, 11) is 0. The molecule has 0 spiro atoms. The molecule has 6 heteroatoms. The van der Waals surface area contributed by atoms with Crippen molar-refractivity contribution in [2.24, 2.45) is 10.9 Å². The summed E-state index contributed by atoms with van der Waals surface area (Å²) in [5.74, 6) is 0.360. The summed E-state index contributed by atoms with van der Waals surface area (Å²) >= 11 is 1.69. The zero-order valence-electron chi connectivity index (χ0n) is 11.8. The van der Waals surface area contributed by atoms with Crippen molar-refractivity contribution in [1.82, 2.24) is 9.88 Å². The Balaban J connectivity index is 1.85. The molecule has 1 aliphatic rings. The van der Waals surface area contributed by atoms with E-state index in [2.05, 4.69) is 27.2 Å². The van der Waals surface area contributed by atoms with Crippen molar-refractivity contribution in [1.29, 1.82) is 0 Å². The first-order chi connectivity index (χ1) is 9.70. The van der Waals surface area contributed by atoms with Gasteiger partial charge in [-0.1, -0.05) is 5.16 Å². The fourth-order valence-corrected chi connectivity index (χ4v) is 3.47. The molecule has 1 saturated heterocycles. The summed E-state index contributed by atoms with van der Waals surface area (Å²) in [6, 6.07) is 4.12. The maximum Gasteiger partial charge on any atom is 0.155 e. The van der Waals surface area contributed by atoms with E-state index < -0.39 is 0 Å². The van der Waals surface area contributed by atoms with Crippen LogP contribution < -0.4 is 5.73 Å². The Labute approximate surface area is 124 Å². The minimum atomic E-state index is -0.193. The van der Waals surface area contributed by atoms with Crippen LogP contribution >= 0.6 is 11.8 Å². The quantitative estimate of drug-likeness (QED) is 0.373. The van der Waals surface area contributed by atoms with E-state index in [4.69, 9.17) is 10.9 Å². The number of hydrogen-bond donors (Lipinski definition) is 2. The lowest BCUT2D eigenvalue weighted by Gasteiger charge is -2.39. The van der Waals surface area contributed by atoms with Gasteiger partial charge in [-0.25, -0.2) is 0 Å². The fourth-order valence-electron chi connectivity index (χ4n) is 2.63. The standard InChI is InChI=1S/C14H22N4OS/c1-20-14(13(15)17-19)5-10-18(11-6-14)9-4-12-2-7-16-8-3-12/h2-3,7-8,19H,4-6,9-11H2,1H3,(H2,15,17). The average Bonchev–Trinajstić information content (AvgIpc) is 2.53. The molecule has 0 saturated carbocycles. The second-order valence-corrected chi connectivity index (χ2v) is 6.32. The fraction of sp³-hybridized carbons (Fsp3) is 0.571. The predicted octanol–water partition coefficient (Wildman–Crippen LogP) is 1.57. The van der Waals surface area contributed by atoms with Crippen LogP contribution in [0, 0.1) is 0 Å². The van der Waals surface area contributed by atoms with E-state index in [9.17, 15) is 0 Å². The lowest BCUT2D eigenvalue weighted by atomic mass is 9.94. The third kappa shape index (κ3) is 3.43. The van der Waals surface area contributed by atoms with Crippen LogP contribution in [0.4, 0.5) is 0 Å². The molecule has 0 atom stereocenters. The van der Waals surface area contributed by atoms with Crippen LogP contribution in [0.1, 0.15) is 18.4 Å². The number of nitrogens with zero attached hydrogens (tertiary/aromatic N) is 3. The van der Waals surface area contributed by atoms with Gasteiger partial charge < -0.3 is 15.8 Å². The first-order valence-electron chi connectivity index (χ1n) is 6.84. The minimum absolute atomic E-state index is 0.193. The molecule has 3 N–H and O–H groups in total. The molecule has 1 aromatic rings. The number of amidine groups is 1. The summed E-state index contributed by atoms with van der Waals surface area (Å²) in [5, 5.41) is 12.2. The van der Waals surface area contributed by atoms with E-state index >= 15 is 0 Å². The Kier molecular flexibility index (Phi) is 5.25. The summed E-state index contributed by atoms with van der Waals surface area (Å²) in [6.07, 6.45) is 8.61. The molecular formula is C14H22N4OS. The molecule has 20 heavy (non-hydrogen) atoms. The highest BCUT2D eigenvalue weighted by Gasteiger charge is 2.37. The second-order valence-electron chi connectivity index (χ2n) is 5.13. The van der Waals surface area contributed by atoms with Gasteiger partial charge in [0.25, 0.3) is 0 Å². The van der Waals surface area contributed by atoms with Crippen molar-refractivity contribution in [3.63, 3.8) is 0 Å². The van der Waals surface area contributed by atoms with Gasteiger partial charge in [0.2, 0.25) is 0 Å².